The third kappa shape index (κ3) is 4.51. The van der Waals surface area contributed by atoms with E-state index in [-0.39, 0.29) is 18.1 Å². The van der Waals surface area contributed by atoms with Gasteiger partial charge in [0.25, 0.3) is 0 Å². The first kappa shape index (κ1) is 16.0. The van der Waals surface area contributed by atoms with Crippen molar-refractivity contribution < 1.29 is 9.53 Å². The predicted octanol–water partition coefficient (Wildman–Crippen LogP) is 3.58. The van der Waals surface area contributed by atoms with Crippen molar-refractivity contribution in [1.29, 1.82) is 0 Å². The highest BCUT2D eigenvalue weighted by Crippen LogP contribution is 2.24. The van der Waals surface area contributed by atoms with Crippen molar-refractivity contribution in [2.75, 3.05) is 7.11 Å². The van der Waals surface area contributed by atoms with Gasteiger partial charge in [-0.05, 0) is 30.0 Å². The minimum atomic E-state index is -0.284. The second kappa shape index (κ2) is 7.51. The second-order valence-electron chi connectivity index (χ2n) is 4.92. The molecule has 0 saturated carbocycles. The van der Waals surface area contributed by atoms with Crippen molar-refractivity contribution in [3.63, 3.8) is 0 Å². The second-order valence-corrected chi connectivity index (χ2v) is 5.36. The molecule has 1 aromatic carbocycles. The Hall–Kier alpha value is -1.06. The van der Waals surface area contributed by atoms with Crippen LogP contribution in [0, 0.1) is 5.92 Å². The molecule has 0 saturated heterocycles. The zero-order valence-electron chi connectivity index (χ0n) is 11.9. The molecule has 0 radical (unpaired) electrons. The van der Waals surface area contributed by atoms with E-state index < -0.39 is 0 Å². The Bertz CT molecular complexity index is 403. The van der Waals surface area contributed by atoms with Gasteiger partial charge in [-0.15, -0.1) is 0 Å². The molecule has 1 N–H and O–H groups in total. The Morgan fingerprint density at radius 2 is 1.89 bits per heavy atom. The first-order valence-corrected chi connectivity index (χ1v) is 6.96. The van der Waals surface area contributed by atoms with Crippen LogP contribution in [0.25, 0.3) is 0 Å². The summed E-state index contributed by atoms with van der Waals surface area (Å²) in [5, 5.41) is 4.09. The molecular formula is C15H22ClNO2. The van der Waals surface area contributed by atoms with E-state index in [9.17, 15) is 4.79 Å². The summed E-state index contributed by atoms with van der Waals surface area (Å²) in [5.74, 6) is 0.141. The van der Waals surface area contributed by atoms with Crippen molar-refractivity contribution in [2.45, 2.75) is 39.3 Å². The van der Waals surface area contributed by atoms with Gasteiger partial charge in [0.15, 0.2) is 0 Å². The third-order valence-corrected chi connectivity index (χ3v) is 3.42. The van der Waals surface area contributed by atoms with Crippen LogP contribution in [0.3, 0.4) is 0 Å². The molecule has 0 aliphatic heterocycles. The molecule has 4 heteroatoms. The standard InChI is InChI=1S/C15H22ClNO2/c1-5-13(15(18)19-4)17-14(10(2)3)11-6-8-12(16)9-7-11/h6-10,13-14,17H,5H2,1-4H3. The van der Waals surface area contributed by atoms with Crippen molar-refractivity contribution in [1.82, 2.24) is 5.32 Å². The lowest BCUT2D eigenvalue weighted by Crippen LogP contribution is -2.41. The number of methoxy groups -OCH3 is 1. The predicted molar refractivity (Wildman–Crippen MR) is 78.3 cm³/mol. The lowest BCUT2D eigenvalue weighted by molar-refractivity contribution is -0.143. The maximum Gasteiger partial charge on any atom is 0.322 e. The molecule has 2 atom stereocenters. The molecule has 0 aromatic heterocycles. The van der Waals surface area contributed by atoms with Crippen molar-refractivity contribution in [3.8, 4) is 0 Å². The summed E-state index contributed by atoms with van der Waals surface area (Å²) in [7, 11) is 1.42. The lowest BCUT2D eigenvalue weighted by Gasteiger charge is -2.27. The topological polar surface area (TPSA) is 38.3 Å². The molecule has 3 nitrogen and oxygen atoms in total. The fraction of sp³-hybridized carbons (Fsp3) is 0.533. The summed E-state index contributed by atoms with van der Waals surface area (Å²) < 4.78 is 4.82. The molecule has 0 bridgehead atoms. The highest BCUT2D eigenvalue weighted by Gasteiger charge is 2.24. The van der Waals surface area contributed by atoms with Gasteiger partial charge in [0.05, 0.1) is 7.11 Å². The number of halogens is 1. The van der Waals surface area contributed by atoms with E-state index in [1.807, 2.05) is 31.2 Å². The van der Waals surface area contributed by atoms with Crippen LogP contribution in [-0.4, -0.2) is 19.1 Å². The molecule has 0 aliphatic rings. The fourth-order valence-electron chi connectivity index (χ4n) is 2.06. The van der Waals surface area contributed by atoms with Crippen LogP contribution in [0.1, 0.15) is 38.8 Å². The third-order valence-electron chi connectivity index (χ3n) is 3.17. The van der Waals surface area contributed by atoms with Gasteiger partial charge in [-0.25, -0.2) is 0 Å². The Labute approximate surface area is 120 Å². The molecule has 2 unspecified atom stereocenters. The van der Waals surface area contributed by atoms with Gasteiger partial charge in [-0.3, -0.25) is 10.1 Å². The van der Waals surface area contributed by atoms with E-state index in [0.29, 0.717) is 17.4 Å². The average molecular weight is 284 g/mol. The van der Waals surface area contributed by atoms with E-state index >= 15 is 0 Å². The Kier molecular flexibility index (Phi) is 6.32. The first-order valence-electron chi connectivity index (χ1n) is 6.58. The molecule has 0 heterocycles. The van der Waals surface area contributed by atoms with Crippen LogP contribution >= 0.6 is 11.6 Å². The van der Waals surface area contributed by atoms with E-state index in [1.54, 1.807) is 0 Å². The number of esters is 1. The molecule has 0 fully saturated rings. The van der Waals surface area contributed by atoms with Crippen LogP contribution in [0.4, 0.5) is 0 Å². The average Bonchev–Trinajstić information content (AvgIpc) is 2.40. The minimum absolute atomic E-state index is 0.0984. The van der Waals surface area contributed by atoms with E-state index in [4.69, 9.17) is 16.3 Å². The van der Waals surface area contributed by atoms with Crippen LogP contribution in [0.15, 0.2) is 24.3 Å². The largest absolute Gasteiger partial charge is 0.468 e. The molecule has 0 aliphatic carbocycles. The normalized spacial score (nSPS) is 14.2. The number of rotatable bonds is 6. The maximum absolute atomic E-state index is 11.7. The molecular weight excluding hydrogens is 262 g/mol. The zero-order chi connectivity index (χ0) is 14.4. The Morgan fingerprint density at radius 1 is 1.32 bits per heavy atom. The first-order chi connectivity index (χ1) is 8.99. The molecule has 106 valence electrons. The highest BCUT2D eigenvalue weighted by molar-refractivity contribution is 6.30. The summed E-state index contributed by atoms with van der Waals surface area (Å²) in [6.07, 6.45) is 0.698. The number of carbonyl (C=O) groups excluding carboxylic acids is 1. The summed E-state index contributed by atoms with van der Waals surface area (Å²) in [6, 6.07) is 7.53. The quantitative estimate of drug-likeness (QED) is 0.811. The van der Waals surface area contributed by atoms with E-state index in [2.05, 4.69) is 19.2 Å². The van der Waals surface area contributed by atoms with Gasteiger partial charge >= 0.3 is 5.97 Å². The molecule has 19 heavy (non-hydrogen) atoms. The highest BCUT2D eigenvalue weighted by atomic mass is 35.5. The van der Waals surface area contributed by atoms with E-state index in [1.165, 1.54) is 7.11 Å². The summed E-state index contributed by atoms with van der Waals surface area (Å²) in [5.41, 5.74) is 1.13. The lowest BCUT2D eigenvalue weighted by atomic mass is 9.95. The summed E-state index contributed by atoms with van der Waals surface area (Å²) in [6.45, 7) is 6.21. The van der Waals surface area contributed by atoms with Crippen LogP contribution < -0.4 is 5.32 Å². The molecule has 0 amide bonds. The van der Waals surface area contributed by atoms with Crippen LogP contribution in [0.5, 0.6) is 0 Å². The SMILES string of the molecule is CCC(NC(c1ccc(Cl)cc1)C(C)C)C(=O)OC. The van der Waals surface area contributed by atoms with Crippen molar-refractivity contribution in [2.24, 2.45) is 5.92 Å². The number of hydrogen-bond donors (Lipinski definition) is 1. The number of carbonyl (C=O) groups is 1. The Morgan fingerprint density at radius 3 is 2.32 bits per heavy atom. The Balaban J connectivity index is 2.89. The number of ether oxygens (including phenoxy) is 1. The van der Waals surface area contributed by atoms with Crippen LogP contribution in [-0.2, 0) is 9.53 Å². The van der Waals surface area contributed by atoms with Gasteiger partial charge in [-0.1, -0.05) is 44.5 Å². The van der Waals surface area contributed by atoms with Gasteiger partial charge in [0.1, 0.15) is 6.04 Å². The summed E-state index contributed by atoms with van der Waals surface area (Å²) >= 11 is 5.91. The number of hydrogen-bond acceptors (Lipinski definition) is 3. The number of nitrogens with one attached hydrogen (secondary N) is 1. The van der Waals surface area contributed by atoms with Crippen molar-refractivity contribution >= 4 is 17.6 Å². The smallest absolute Gasteiger partial charge is 0.322 e. The zero-order valence-corrected chi connectivity index (χ0v) is 12.7. The van der Waals surface area contributed by atoms with Gasteiger partial charge in [0, 0.05) is 11.1 Å². The maximum atomic E-state index is 11.7. The van der Waals surface area contributed by atoms with Gasteiger partial charge in [0.2, 0.25) is 0 Å². The van der Waals surface area contributed by atoms with Gasteiger partial charge < -0.3 is 4.74 Å². The molecule has 1 aromatic rings. The molecule has 1 rings (SSSR count). The summed E-state index contributed by atoms with van der Waals surface area (Å²) in [4.78, 5) is 11.7. The fourth-order valence-corrected chi connectivity index (χ4v) is 2.18. The number of benzene rings is 1. The monoisotopic (exact) mass is 283 g/mol. The minimum Gasteiger partial charge on any atom is -0.468 e. The van der Waals surface area contributed by atoms with Gasteiger partial charge in [-0.2, -0.15) is 0 Å². The van der Waals surface area contributed by atoms with E-state index in [0.717, 1.165) is 5.56 Å². The van der Waals surface area contributed by atoms with Crippen LogP contribution in [0.2, 0.25) is 5.02 Å². The molecule has 0 spiro atoms. The van der Waals surface area contributed by atoms with Crippen molar-refractivity contribution in [3.05, 3.63) is 34.9 Å².